The summed E-state index contributed by atoms with van der Waals surface area (Å²) in [5, 5.41) is 0. The molecule has 2 aromatic rings. The van der Waals surface area contributed by atoms with Gasteiger partial charge in [-0.15, -0.1) is 0 Å². The van der Waals surface area contributed by atoms with E-state index in [-0.39, 0.29) is 5.78 Å². The van der Waals surface area contributed by atoms with Gasteiger partial charge in [-0.3, -0.25) is 4.79 Å². The van der Waals surface area contributed by atoms with Crippen molar-refractivity contribution in [2.75, 3.05) is 33.0 Å². The number of hydrogen-bond donors (Lipinski definition) is 0. The van der Waals surface area contributed by atoms with Crippen LogP contribution >= 0.6 is 0 Å². The lowest BCUT2D eigenvalue weighted by atomic mass is 9.91. The Labute approximate surface area is 380 Å². The van der Waals surface area contributed by atoms with Crippen LogP contribution in [0, 0.1) is 29.6 Å². The number of fused-ring (bicyclic) bond motifs is 1. The van der Waals surface area contributed by atoms with E-state index in [9.17, 15) is 0 Å². The molecule has 6 unspecified atom stereocenters. The van der Waals surface area contributed by atoms with Crippen molar-refractivity contribution in [2.45, 2.75) is 204 Å². The molecular weight excluding hydrogens is 771 g/mol. The first-order chi connectivity index (χ1) is 30.2. The summed E-state index contributed by atoms with van der Waals surface area (Å²) in [7, 11) is 0. The summed E-state index contributed by atoms with van der Waals surface area (Å²) in [5.41, 5.74) is 2.48. The third kappa shape index (κ3) is 17.5. The molecule has 62 heavy (non-hydrogen) atoms. The Morgan fingerprint density at radius 2 is 0.903 bits per heavy atom. The van der Waals surface area contributed by atoms with Crippen LogP contribution in [-0.4, -0.2) is 50.6 Å². The number of ketones is 1. The van der Waals surface area contributed by atoms with Crippen molar-refractivity contribution in [3.8, 4) is 23.0 Å². The zero-order valence-corrected chi connectivity index (χ0v) is 41.4. The molecule has 0 N–H and O–H groups in total. The van der Waals surface area contributed by atoms with Crippen molar-refractivity contribution in [1.29, 1.82) is 0 Å². The summed E-state index contributed by atoms with van der Waals surface area (Å²) in [6.45, 7) is 25.3. The monoisotopic (exact) mass is 862 g/mol. The molecule has 1 aliphatic rings. The van der Waals surface area contributed by atoms with Crippen LogP contribution in [0.2, 0.25) is 0 Å². The smallest absolute Gasteiger partial charge is 0.203 e. The van der Waals surface area contributed by atoms with Crippen LogP contribution in [0.4, 0.5) is 5.69 Å². The van der Waals surface area contributed by atoms with Crippen LogP contribution < -0.4 is 18.9 Å². The molecule has 3 rings (SSSR count). The van der Waals surface area contributed by atoms with Gasteiger partial charge in [-0.2, -0.15) is 0 Å². The lowest BCUT2D eigenvalue weighted by molar-refractivity contribution is 0.0479. The normalized spacial score (nSPS) is 16.3. The molecule has 0 fully saturated rings. The van der Waals surface area contributed by atoms with Gasteiger partial charge in [-0.1, -0.05) is 166 Å². The molecule has 0 amide bonds. The maximum Gasteiger partial charge on any atom is 0.203 e. The molecule has 0 aliphatic carbocycles. The highest BCUT2D eigenvalue weighted by Gasteiger charge is 2.37. The minimum Gasteiger partial charge on any atom is -0.493 e. The van der Waals surface area contributed by atoms with Crippen LogP contribution in [0.5, 0.6) is 23.0 Å². The Hall–Kier alpha value is -3.06. The molecule has 0 aromatic heterocycles. The lowest BCUT2D eigenvalue weighted by Gasteiger charge is -2.29. The summed E-state index contributed by atoms with van der Waals surface area (Å²) in [6, 6.07) is 10.0. The van der Waals surface area contributed by atoms with Gasteiger partial charge in [-0.05, 0) is 79.9 Å². The highest BCUT2D eigenvalue weighted by Crippen LogP contribution is 2.42. The summed E-state index contributed by atoms with van der Waals surface area (Å²) >= 11 is 0. The Balaban J connectivity index is 2.21. The van der Waals surface area contributed by atoms with E-state index in [1.54, 1.807) is 0 Å². The molecule has 7 heteroatoms. The molecule has 352 valence electrons. The van der Waals surface area contributed by atoms with E-state index < -0.39 is 6.10 Å². The Bertz CT molecular complexity index is 1550. The predicted octanol–water partition coefficient (Wildman–Crippen LogP) is 16.0. The first-order valence-corrected chi connectivity index (χ1v) is 25.8. The summed E-state index contributed by atoms with van der Waals surface area (Å²) in [6.07, 6.45) is 21.5. The number of carbonyl (C=O) groups excluding carboxylic acids is 1. The van der Waals surface area contributed by atoms with Gasteiger partial charge >= 0.3 is 0 Å². The zero-order valence-electron chi connectivity index (χ0n) is 41.4. The van der Waals surface area contributed by atoms with Crippen LogP contribution in [0.1, 0.15) is 214 Å². The van der Waals surface area contributed by atoms with Gasteiger partial charge in [0.25, 0.3) is 0 Å². The first kappa shape index (κ1) is 53.3. The second-order valence-corrected chi connectivity index (χ2v) is 18.4. The molecular formula is C55H91NO6. The van der Waals surface area contributed by atoms with E-state index in [2.05, 4.69) is 69.2 Å². The van der Waals surface area contributed by atoms with Gasteiger partial charge in [0.2, 0.25) is 5.78 Å². The number of aliphatic imine (C=N–C) groups is 1. The number of rotatable bonds is 36. The van der Waals surface area contributed by atoms with Crippen LogP contribution in [-0.2, 0) is 4.74 Å². The number of Topliss-reactive ketones (excluding diaryl/α,β-unsaturated/α-hetero) is 1. The molecule has 1 aliphatic heterocycles. The quantitative estimate of drug-likeness (QED) is 0.0679. The number of ether oxygens (including phenoxy) is 5. The third-order valence-electron chi connectivity index (χ3n) is 13.4. The highest BCUT2D eigenvalue weighted by molar-refractivity contribution is 6.26. The molecule has 6 atom stereocenters. The van der Waals surface area contributed by atoms with E-state index >= 15 is 4.79 Å². The van der Waals surface area contributed by atoms with E-state index in [0.717, 1.165) is 101 Å². The number of benzene rings is 2. The van der Waals surface area contributed by atoms with Gasteiger partial charge in [0.15, 0.2) is 17.6 Å². The van der Waals surface area contributed by atoms with Gasteiger partial charge < -0.3 is 23.7 Å². The van der Waals surface area contributed by atoms with Gasteiger partial charge in [0.1, 0.15) is 11.5 Å². The molecule has 7 nitrogen and oxygen atoms in total. The van der Waals surface area contributed by atoms with Crippen molar-refractivity contribution in [2.24, 2.45) is 34.6 Å². The standard InChI is InChI=1S/C55H91NO6/c1-11-21-26-41(16-6)36-58-47-34-48-52(51(35-47)61-39-44(19-9)29-24-14-4)54(57)55(62-40-45(20-10)30-25-15-5)53(56-48)46-31-32-49(59-37-42(17-7)27-22-12-2)50(33-46)60-38-43(18-8)28-23-13-3/h31-35,41-45,55H,11-30,36-40H2,1-10H3. The maximum absolute atomic E-state index is 15.2. The number of unbranched alkanes of at least 4 members (excludes halogenated alkanes) is 5. The first-order valence-electron chi connectivity index (χ1n) is 25.8. The van der Waals surface area contributed by atoms with Crippen molar-refractivity contribution in [3.05, 3.63) is 41.5 Å². The maximum atomic E-state index is 15.2. The molecule has 0 radical (unpaired) electrons. The number of hydrogen-bond acceptors (Lipinski definition) is 7. The SMILES string of the molecule is CCCCC(CC)COc1cc2c(c(OCC(CC)CCCC)c1)C(=O)C(OCC(CC)CCCC)C(c1ccc(OCC(CC)CCCC)c(OCC(CC)CCCC)c1)=N2. The van der Waals surface area contributed by atoms with Crippen molar-refractivity contribution < 1.29 is 28.5 Å². The summed E-state index contributed by atoms with van der Waals surface area (Å²) in [5.74, 6) is 4.71. The van der Waals surface area contributed by atoms with E-state index in [4.69, 9.17) is 28.7 Å². The zero-order chi connectivity index (χ0) is 45.1. The van der Waals surface area contributed by atoms with Crippen molar-refractivity contribution in [3.63, 3.8) is 0 Å². The van der Waals surface area contributed by atoms with Crippen molar-refractivity contribution in [1.82, 2.24) is 0 Å². The van der Waals surface area contributed by atoms with Crippen LogP contribution in [0.25, 0.3) is 0 Å². The van der Waals surface area contributed by atoms with Gasteiger partial charge in [0.05, 0.1) is 50.0 Å². The minimum atomic E-state index is -0.890. The average molecular weight is 862 g/mol. The number of nitrogens with zero attached hydrogens (tertiary/aromatic N) is 1. The highest BCUT2D eigenvalue weighted by atomic mass is 16.5. The molecule has 0 spiro atoms. The number of carbonyl (C=O) groups is 1. The molecule has 0 bridgehead atoms. The third-order valence-corrected chi connectivity index (χ3v) is 13.4. The second-order valence-electron chi connectivity index (χ2n) is 18.4. The molecule has 1 heterocycles. The largest absolute Gasteiger partial charge is 0.493 e. The Morgan fingerprint density at radius 3 is 1.35 bits per heavy atom. The summed E-state index contributed by atoms with van der Waals surface area (Å²) in [4.78, 5) is 20.6. The van der Waals surface area contributed by atoms with E-state index in [1.807, 2.05) is 30.3 Å². The summed E-state index contributed by atoms with van der Waals surface area (Å²) < 4.78 is 33.4. The second kappa shape index (κ2) is 30.9. The fourth-order valence-corrected chi connectivity index (χ4v) is 8.38. The average Bonchev–Trinajstić information content (AvgIpc) is 3.29. The molecule has 0 saturated heterocycles. The Kier molecular flexibility index (Phi) is 26.6. The molecule has 2 aromatic carbocycles. The fourth-order valence-electron chi connectivity index (χ4n) is 8.38. The van der Waals surface area contributed by atoms with E-state index in [0.29, 0.717) is 96.8 Å². The molecule has 0 saturated carbocycles. The fraction of sp³-hybridized carbons (Fsp3) is 0.745. The predicted molar refractivity (Wildman–Crippen MR) is 262 cm³/mol. The van der Waals surface area contributed by atoms with Crippen LogP contribution in [0.15, 0.2) is 35.3 Å². The van der Waals surface area contributed by atoms with Gasteiger partial charge in [0, 0.05) is 17.7 Å². The van der Waals surface area contributed by atoms with E-state index in [1.165, 1.54) is 38.5 Å². The lowest BCUT2D eigenvalue weighted by Crippen LogP contribution is -2.38. The van der Waals surface area contributed by atoms with Crippen molar-refractivity contribution >= 4 is 17.2 Å². The minimum absolute atomic E-state index is 0.108. The topological polar surface area (TPSA) is 75.6 Å². The van der Waals surface area contributed by atoms with Crippen LogP contribution in [0.3, 0.4) is 0 Å². The Morgan fingerprint density at radius 1 is 0.484 bits per heavy atom. The van der Waals surface area contributed by atoms with Gasteiger partial charge in [-0.25, -0.2) is 4.99 Å².